The van der Waals surface area contributed by atoms with Gasteiger partial charge in [0.15, 0.2) is 5.13 Å². The molecule has 0 aromatic carbocycles. The van der Waals surface area contributed by atoms with Gasteiger partial charge in [-0.3, -0.25) is 9.59 Å². The highest BCUT2D eigenvalue weighted by atomic mass is 32.1. The molecule has 0 bridgehead atoms. The number of likely N-dealkylation sites (tertiary alicyclic amines) is 1. The number of anilines is 2. The van der Waals surface area contributed by atoms with Gasteiger partial charge in [-0.15, -0.1) is 16.4 Å². The van der Waals surface area contributed by atoms with Crippen LogP contribution in [0.25, 0.3) is 0 Å². The summed E-state index contributed by atoms with van der Waals surface area (Å²) < 4.78 is 0. The van der Waals surface area contributed by atoms with E-state index in [4.69, 9.17) is 0 Å². The van der Waals surface area contributed by atoms with Crippen LogP contribution in [0, 0.1) is 5.41 Å². The summed E-state index contributed by atoms with van der Waals surface area (Å²) in [5.74, 6) is 0.929. The molecular formula is C22H30N6O2S. The Morgan fingerprint density at radius 3 is 2.61 bits per heavy atom. The summed E-state index contributed by atoms with van der Waals surface area (Å²) in [6, 6.07) is 4.07. The fourth-order valence-electron chi connectivity index (χ4n) is 4.80. The number of aromatic nitrogens is 3. The molecule has 1 aliphatic carbocycles. The minimum absolute atomic E-state index is 0.0310. The van der Waals surface area contributed by atoms with Crippen LogP contribution in [0.4, 0.5) is 10.9 Å². The van der Waals surface area contributed by atoms with E-state index in [2.05, 4.69) is 25.8 Å². The maximum absolute atomic E-state index is 13.2. The third-order valence-corrected chi connectivity index (χ3v) is 7.12. The van der Waals surface area contributed by atoms with Gasteiger partial charge in [-0.2, -0.15) is 5.10 Å². The fourth-order valence-corrected chi connectivity index (χ4v) is 5.35. The lowest BCUT2D eigenvalue weighted by molar-refractivity contribution is -0.136. The average molecular weight is 443 g/mol. The topological polar surface area (TPSA) is 100 Å². The van der Waals surface area contributed by atoms with Crippen LogP contribution in [-0.4, -0.2) is 51.0 Å². The number of hydrogen-bond acceptors (Lipinski definition) is 7. The fraction of sp³-hybridized carbons (Fsp3) is 0.591. The van der Waals surface area contributed by atoms with Crippen molar-refractivity contribution >= 4 is 34.1 Å². The molecule has 2 fully saturated rings. The zero-order valence-corrected chi connectivity index (χ0v) is 18.6. The first-order chi connectivity index (χ1) is 15.1. The summed E-state index contributed by atoms with van der Waals surface area (Å²) in [5, 5.41) is 16.8. The second-order valence-corrected chi connectivity index (χ2v) is 9.60. The van der Waals surface area contributed by atoms with E-state index in [9.17, 15) is 9.59 Å². The highest BCUT2D eigenvalue weighted by molar-refractivity contribution is 7.13. The van der Waals surface area contributed by atoms with Crippen molar-refractivity contribution in [2.45, 2.75) is 63.8 Å². The summed E-state index contributed by atoms with van der Waals surface area (Å²) >= 11 is 1.42. The van der Waals surface area contributed by atoms with Gasteiger partial charge in [0.05, 0.1) is 0 Å². The minimum Gasteiger partial charge on any atom is -0.366 e. The lowest BCUT2D eigenvalue weighted by Gasteiger charge is -2.39. The Morgan fingerprint density at radius 1 is 1.13 bits per heavy atom. The minimum atomic E-state index is -0.231. The van der Waals surface area contributed by atoms with Crippen molar-refractivity contribution in [1.82, 2.24) is 20.1 Å². The zero-order valence-electron chi connectivity index (χ0n) is 17.8. The number of nitrogens with zero attached hydrogens (tertiary/aromatic N) is 4. The number of piperidine rings is 1. The molecular weight excluding hydrogens is 412 g/mol. The highest BCUT2D eigenvalue weighted by Gasteiger charge is 2.38. The lowest BCUT2D eigenvalue weighted by atomic mass is 9.69. The molecule has 2 aliphatic rings. The van der Waals surface area contributed by atoms with E-state index in [-0.39, 0.29) is 17.2 Å². The van der Waals surface area contributed by atoms with E-state index in [0.717, 1.165) is 57.4 Å². The van der Waals surface area contributed by atoms with Crippen molar-refractivity contribution in [3.05, 3.63) is 29.9 Å². The monoisotopic (exact) mass is 442 g/mol. The van der Waals surface area contributed by atoms with Crippen LogP contribution in [-0.2, 0) is 9.59 Å². The Balaban J connectivity index is 1.31. The quantitative estimate of drug-likeness (QED) is 0.678. The van der Waals surface area contributed by atoms with Crippen molar-refractivity contribution < 1.29 is 9.59 Å². The van der Waals surface area contributed by atoms with Crippen LogP contribution in [0.1, 0.15) is 57.8 Å². The van der Waals surface area contributed by atoms with E-state index < -0.39 is 0 Å². The third-order valence-electron chi connectivity index (χ3n) is 6.43. The molecule has 1 saturated carbocycles. The van der Waals surface area contributed by atoms with E-state index in [1.165, 1.54) is 17.8 Å². The largest absolute Gasteiger partial charge is 0.366 e. The Morgan fingerprint density at radius 2 is 1.94 bits per heavy atom. The summed E-state index contributed by atoms with van der Waals surface area (Å²) in [4.78, 5) is 32.0. The number of carbonyl (C=O) groups is 2. The lowest BCUT2D eigenvalue weighted by Crippen LogP contribution is -2.45. The van der Waals surface area contributed by atoms with Crippen LogP contribution in [0.15, 0.2) is 29.9 Å². The molecule has 8 nitrogen and oxygen atoms in total. The molecule has 2 aromatic rings. The van der Waals surface area contributed by atoms with Crippen LogP contribution < -0.4 is 10.6 Å². The standard InChI is InChI=1S/C22H30N6O2S/c29-19(26-21-23-11-14-31-21)15-22(8-2-1-3-9-22)16-20(30)28-12-6-17(7-13-28)25-18-5-4-10-24-27-18/h4-5,10-11,14,17H,1-3,6-9,12-13,15-16H2,(H,25,27)(H,23,26,29). The second-order valence-electron chi connectivity index (χ2n) is 8.71. The first-order valence-corrected chi connectivity index (χ1v) is 12.0. The van der Waals surface area contributed by atoms with Crippen LogP contribution in [0.2, 0.25) is 0 Å². The molecule has 9 heteroatoms. The van der Waals surface area contributed by atoms with Gasteiger partial charge in [0, 0.05) is 49.7 Å². The molecule has 1 saturated heterocycles. The predicted molar refractivity (Wildman–Crippen MR) is 121 cm³/mol. The van der Waals surface area contributed by atoms with Crippen molar-refractivity contribution in [3.8, 4) is 0 Å². The first-order valence-electron chi connectivity index (χ1n) is 11.1. The third kappa shape index (κ3) is 6.00. The normalized spacial score (nSPS) is 19.0. The molecule has 0 radical (unpaired) electrons. The molecule has 2 amide bonds. The number of hydrogen-bond donors (Lipinski definition) is 2. The molecule has 31 heavy (non-hydrogen) atoms. The molecule has 1 aliphatic heterocycles. The van der Waals surface area contributed by atoms with E-state index in [0.29, 0.717) is 24.0 Å². The van der Waals surface area contributed by atoms with Gasteiger partial charge in [-0.1, -0.05) is 19.3 Å². The van der Waals surface area contributed by atoms with Gasteiger partial charge < -0.3 is 15.5 Å². The summed E-state index contributed by atoms with van der Waals surface area (Å²) in [6.07, 6.45) is 11.2. The van der Waals surface area contributed by atoms with Crippen molar-refractivity contribution in [3.63, 3.8) is 0 Å². The molecule has 2 aromatic heterocycles. The van der Waals surface area contributed by atoms with Crippen molar-refractivity contribution in [2.75, 3.05) is 23.7 Å². The Kier molecular flexibility index (Phi) is 7.11. The van der Waals surface area contributed by atoms with Crippen molar-refractivity contribution in [2.24, 2.45) is 5.41 Å². The van der Waals surface area contributed by atoms with Crippen LogP contribution >= 0.6 is 11.3 Å². The maximum Gasteiger partial charge on any atom is 0.226 e. The molecule has 0 atom stereocenters. The van der Waals surface area contributed by atoms with Crippen LogP contribution in [0.5, 0.6) is 0 Å². The molecule has 0 spiro atoms. The number of thiazole rings is 1. The number of carbonyl (C=O) groups excluding carboxylic acids is 2. The number of rotatable bonds is 7. The number of amides is 2. The van der Waals surface area contributed by atoms with Gasteiger partial charge in [0.2, 0.25) is 11.8 Å². The second kappa shape index (κ2) is 10.2. The molecule has 2 N–H and O–H groups in total. The predicted octanol–water partition coefficient (Wildman–Crippen LogP) is 3.71. The van der Waals surface area contributed by atoms with Gasteiger partial charge in [0.25, 0.3) is 0 Å². The Bertz CT molecular complexity index is 846. The Hall–Kier alpha value is -2.55. The highest BCUT2D eigenvalue weighted by Crippen LogP contribution is 2.43. The summed E-state index contributed by atoms with van der Waals surface area (Å²) in [5.41, 5.74) is -0.231. The van der Waals surface area contributed by atoms with E-state index in [1.807, 2.05) is 22.4 Å². The summed E-state index contributed by atoms with van der Waals surface area (Å²) in [6.45, 7) is 1.47. The number of nitrogens with one attached hydrogen (secondary N) is 2. The Labute approximate surface area is 186 Å². The van der Waals surface area contributed by atoms with Crippen LogP contribution in [0.3, 0.4) is 0 Å². The van der Waals surface area contributed by atoms with Crippen molar-refractivity contribution in [1.29, 1.82) is 0 Å². The van der Waals surface area contributed by atoms with Gasteiger partial charge in [0.1, 0.15) is 5.82 Å². The SMILES string of the molecule is O=C(CC1(CC(=O)N2CCC(Nc3cccnn3)CC2)CCCCC1)Nc1nccs1. The molecule has 0 unspecified atom stereocenters. The van der Waals surface area contributed by atoms with E-state index >= 15 is 0 Å². The molecule has 166 valence electrons. The molecule has 3 heterocycles. The maximum atomic E-state index is 13.2. The van der Waals surface area contributed by atoms with E-state index in [1.54, 1.807) is 12.4 Å². The zero-order chi connectivity index (χ0) is 21.5. The van der Waals surface area contributed by atoms with Gasteiger partial charge >= 0.3 is 0 Å². The summed E-state index contributed by atoms with van der Waals surface area (Å²) in [7, 11) is 0. The first kappa shape index (κ1) is 21.7. The molecule has 4 rings (SSSR count). The smallest absolute Gasteiger partial charge is 0.226 e. The van der Waals surface area contributed by atoms with Gasteiger partial charge in [-0.05, 0) is 43.2 Å². The van der Waals surface area contributed by atoms with Gasteiger partial charge in [-0.25, -0.2) is 4.98 Å². The average Bonchev–Trinajstić information content (AvgIpc) is 3.28.